The van der Waals surface area contributed by atoms with Crippen molar-refractivity contribution in [3.63, 3.8) is 0 Å². The Morgan fingerprint density at radius 2 is 1.94 bits per heavy atom. The Morgan fingerprint density at radius 1 is 1.33 bits per heavy atom. The van der Waals surface area contributed by atoms with Gasteiger partial charge in [0.15, 0.2) is 0 Å². The predicted octanol–water partition coefficient (Wildman–Crippen LogP) is 0.957. The fourth-order valence-electron chi connectivity index (χ4n) is 1.85. The molecule has 0 aromatic heterocycles. The Morgan fingerprint density at radius 3 is 2.39 bits per heavy atom. The van der Waals surface area contributed by atoms with Crippen molar-refractivity contribution >= 4 is 17.6 Å². The number of nitrogens with one attached hydrogen (secondary N) is 1. The largest absolute Gasteiger partial charge is 0.478 e. The number of carboxylic acid groups (broad SMARTS) is 1. The number of benzene rings is 1. The van der Waals surface area contributed by atoms with Gasteiger partial charge >= 0.3 is 5.97 Å². The number of hydrogen-bond acceptors (Lipinski definition) is 3. The second kappa shape index (κ2) is 5.18. The van der Waals surface area contributed by atoms with E-state index in [1.165, 1.54) is 12.1 Å². The second-order valence-corrected chi connectivity index (χ2v) is 4.53. The highest BCUT2D eigenvalue weighted by atomic mass is 16.4. The highest BCUT2D eigenvalue weighted by molar-refractivity contribution is 5.94. The maximum absolute atomic E-state index is 11.9. The third kappa shape index (κ3) is 2.68. The van der Waals surface area contributed by atoms with Crippen molar-refractivity contribution in [1.82, 2.24) is 5.32 Å². The van der Waals surface area contributed by atoms with Crippen molar-refractivity contribution in [3.8, 4) is 0 Å². The van der Waals surface area contributed by atoms with Gasteiger partial charge in [-0.15, -0.1) is 0 Å². The van der Waals surface area contributed by atoms with E-state index in [0.717, 1.165) is 18.8 Å². The van der Waals surface area contributed by atoms with Gasteiger partial charge in [0.1, 0.15) is 0 Å². The van der Waals surface area contributed by atoms with Gasteiger partial charge in [-0.3, -0.25) is 4.79 Å². The molecule has 0 radical (unpaired) electrons. The topological polar surface area (TPSA) is 69.6 Å². The van der Waals surface area contributed by atoms with Gasteiger partial charge in [0.05, 0.1) is 5.56 Å². The third-order valence-electron chi connectivity index (χ3n) is 3.20. The molecule has 1 fully saturated rings. The van der Waals surface area contributed by atoms with Gasteiger partial charge in [-0.2, -0.15) is 0 Å². The molecular weight excluding hydrogens is 232 g/mol. The minimum Gasteiger partial charge on any atom is -0.478 e. The molecule has 0 unspecified atom stereocenters. The van der Waals surface area contributed by atoms with E-state index in [1.807, 2.05) is 0 Å². The van der Waals surface area contributed by atoms with Gasteiger partial charge in [-0.1, -0.05) is 0 Å². The van der Waals surface area contributed by atoms with Gasteiger partial charge in [-0.05, 0) is 43.3 Å². The molecule has 0 bridgehead atoms. The third-order valence-corrected chi connectivity index (χ3v) is 3.20. The smallest absolute Gasteiger partial charge is 0.335 e. The SMILES string of the molecule is CN(C(=O)CC1CNC1)c1ccc(C(=O)O)cc1. The van der Waals surface area contributed by atoms with Crippen LogP contribution in [0, 0.1) is 5.92 Å². The highest BCUT2D eigenvalue weighted by Gasteiger charge is 2.22. The van der Waals surface area contributed by atoms with E-state index in [0.29, 0.717) is 12.3 Å². The van der Waals surface area contributed by atoms with E-state index < -0.39 is 5.97 Å². The number of hydrogen-bond donors (Lipinski definition) is 2. The van der Waals surface area contributed by atoms with Crippen molar-refractivity contribution in [2.75, 3.05) is 25.0 Å². The Kier molecular flexibility index (Phi) is 3.62. The molecule has 5 nitrogen and oxygen atoms in total. The zero-order valence-corrected chi connectivity index (χ0v) is 10.2. The van der Waals surface area contributed by atoms with E-state index in [9.17, 15) is 9.59 Å². The van der Waals surface area contributed by atoms with Crippen LogP contribution in [0.25, 0.3) is 0 Å². The van der Waals surface area contributed by atoms with Gasteiger partial charge in [-0.25, -0.2) is 4.79 Å². The molecule has 5 heteroatoms. The summed E-state index contributed by atoms with van der Waals surface area (Å²) in [5.41, 5.74) is 0.945. The lowest BCUT2D eigenvalue weighted by molar-refractivity contribution is -0.119. The lowest BCUT2D eigenvalue weighted by Crippen LogP contribution is -2.44. The molecule has 1 amide bonds. The Bertz CT molecular complexity index is 452. The zero-order valence-electron chi connectivity index (χ0n) is 10.2. The van der Waals surface area contributed by atoms with Gasteiger partial charge in [0, 0.05) is 19.2 Å². The van der Waals surface area contributed by atoms with E-state index in [4.69, 9.17) is 5.11 Å². The maximum Gasteiger partial charge on any atom is 0.335 e. The van der Waals surface area contributed by atoms with Crippen LogP contribution in [0.5, 0.6) is 0 Å². The first-order valence-electron chi connectivity index (χ1n) is 5.88. The fraction of sp³-hybridized carbons (Fsp3) is 0.385. The van der Waals surface area contributed by atoms with Crippen LogP contribution in [-0.4, -0.2) is 37.1 Å². The standard InChI is InChI=1S/C13H16N2O3/c1-15(12(16)6-9-7-14-8-9)11-4-2-10(3-5-11)13(17)18/h2-5,9,14H,6-8H2,1H3,(H,17,18). The number of amides is 1. The molecule has 1 heterocycles. The van der Waals surface area contributed by atoms with Crippen molar-refractivity contribution in [1.29, 1.82) is 0 Å². The Balaban J connectivity index is 2.00. The van der Waals surface area contributed by atoms with Crippen LogP contribution >= 0.6 is 0 Å². The molecule has 0 atom stereocenters. The molecule has 0 saturated carbocycles. The number of nitrogens with zero attached hydrogens (tertiary/aromatic N) is 1. The molecule has 1 aromatic rings. The fourth-order valence-corrected chi connectivity index (χ4v) is 1.85. The maximum atomic E-state index is 11.9. The van der Waals surface area contributed by atoms with Crippen molar-refractivity contribution < 1.29 is 14.7 Å². The molecule has 1 aliphatic rings. The average Bonchev–Trinajstić information content (AvgIpc) is 2.32. The molecule has 2 N–H and O–H groups in total. The summed E-state index contributed by atoms with van der Waals surface area (Å²) in [7, 11) is 1.71. The lowest BCUT2D eigenvalue weighted by atomic mass is 9.98. The lowest BCUT2D eigenvalue weighted by Gasteiger charge is -2.28. The Hall–Kier alpha value is -1.88. The molecule has 0 aliphatic carbocycles. The molecular formula is C13H16N2O3. The van der Waals surface area contributed by atoms with E-state index in [-0.39, 0.29) is 11.5 Å². The molecule has 2 rings (SSSR count). The van der Waals surface area contributed by atoms with E-state index >= 15 is 0 Å². The number of carboxylic acids is 1. The summed E-state index contributed by atoms with van der Waals surface area (Å²) in [6.07, 6.45) is 0.532. The first-order valence-corrected chi connectivity index (χ1v) is 5.88. The molecule has 1 aromatic carbocycles. The van der Waals surface area contributed by atoms with Crippen LogP contribution in [0.3, 0.4) is 0 Å². The van der Waals surface area contributed by atoms with E-state index in [1.54, 1.807) is 24.1 Å². The van der Waals surface area contributed by atoms with Crippen LogP contribution in [0.2, 0.25) is 0 Å². The first kappa shape index (κ1) is 12.6. The van der Waals surface area contributed by atoms with Crippen molar-refractivity contribution in [3.05, 3.63) is 29.8 Å². The number of anilines is 1. The number of rotatable bonds is 4. The summed E-state index contributed by atoms with van der Waals surface area (Å²) >= 11 is 0. The number of carbonyl (C=O) groups excluding carboxylic acids is 1. The molecule has 96 valence electrons. The summed E-state index contributed by atoms with van der Waals surface area (Å²) in [5.74, 6) is -0.473. The van der Waals surface area contributed by atoms with Crippen molar-refractivity contribution in [2.24, 2.45) is 5.92 Å². The van der Waals surface area contributed by atoms with Crippen LogP contribution < -0.4 is 10.2 Å². The summed E-state index contributed by atoms with van der Waals surface area (Å²) < 4.78 is 0. The summed E-state index contributed by atoms with van der Waals surface area (Å²) in [4.78, 5) is 24.2. The molecule has 1 aliphatic heterocycles. The van der Waals surface area contributed by atoms with Gasteiger partial charge in [0.2, 0.25) is 5.91 Å². The van der Waals surface area contributed by atoms with Crippen LogP contribution in [0.15, 0.2) is 24.3 Å². The minimum atomic E-state index is -0.962. The normalized spacial score (nSPS) is 14.9. The monoisotopic (exact) mass is 248 g/mol. The molecule has 1 saturated heterocycles. The first-order chi connectivity index (χ1) is 8.58. The number of carbonyl (C=O) groups is 2. The summed E-state index contributed by atoms with van der Waals surface area (Å²) in [5, 5.41) is 11.9. The summed E-state index contributed by atoms with van der Waals surface area (Å²) in [6, 6.07) is 6.32. The predicted molar refractivity (Wildman–Crippen MR) is 67.8 cm³/mol. The zero-order chi connectivity index (χ0) is 13.1. The van der Waals surface area contributed by atoms with Crippen LogP contribution in [0.1, 0.15) is 16.8 Å². The average molecular weight is 248 g/mol. The minimum absolute atomic E-state index is 0.0598. The summed E-state index contributed by atoms with van der Waals surface area (Å²) in [6.45, 7) is 1.80. The van der Waals surface area contributed by atoms with Crippen molar-refractivity contribution in [2.45, 2.75) is 6.42 Å². The van der Waals surface area contributed by atoms with Crippen LogP contribution in [-0.2, 0) is 4.79 Å². The van der Waals surface area contributed by atoms with Gasteiger partial charge in [0.25, 0.3) is 0 Å². The van der Waals surface area contributed by atoms with Gasteiger partial charge < -0.3 is 15.3 Å². The van der Waals surface area contributed by atoms with E-state index in [2.05, 4.69) is 5.32 Å². The number of aromatic carboxylic acids is 1. The molecule has 18 heavy (non-hydrogen) atoms. The highest BCUT2D eigenvalue weighted by Crippen LogP contribution is 2.17. The quantitative estimate of drug-likeness (QED) is 0.832. The van der Waals surface area contributed by atoms with Crippen LogP contribution in [0.4, 0.5) is 5.69 Å². The molecule has 0 spiro atoms. The Labute approximate surface area is 105 Å². The second-order valence-electron chi connectivity index (χ2n) is 4.53.